The number of nitrogens with one attached hydrogen (secondary N) is 2. The molecule has 1 aromatic heterocycles. The first-order valence-electron chi connectivity index (χ1n) is 7.15. The summed E-state index contributed by atoms with van der Waals surface area (Å²) in [4.78, 5) is 12.5. The fourth-order valence-electron chi connectivity index (χ4n) is 2.27. The van der Waals surface area contributed by atoms with Gasteiger partial charge in [0.1, 0.15) is 5.75 Å². The Hall–Kier alpha value is -3.21. The maximum Gasteiger partial charge on any atom is 0.280 e. The lowest BCUT2D eigenvalue weighted by Gasteiger charge is -2.03. The summed E-state index contributed by atoms with van der Waals surface area (Å²) in [7, 11) is 1.61. The van der Waals surface area contributed by atoms with Crippen molar-refractivity contribution in [2.45, 2.75) is 0 Å². The standard InChI is InChI=1S/C18H17N3O2/c1-13-17(12-19-14-7-6-10-16(11-14)23-2)18(22)21(20-13)15-8-4-3-5-9-15/h3-12,19-20H,1H2,2H3. The minimum Gasteiger partial charge on any atom is -0.497 e. The third-order valence-corrected chi connectivity index (χ3v) is 3.47. The van der Waals surface area contributed by atoms with Gasteiger partial charge >= 0.3 is 0 Å². The van der Waals surface area contributed by atoms with Gasteiger partial charge in [-0.15, -0.1) is 0 Å². The highest BCUT2D eigenvalue weighted by Crippen LogP contribution is 2.16. The van der Waals surface area contributed by atoms with E-state index in [1.807, 2.05) is 54.6 Å². The fourth-order valence-corrected chi connectivity index (χ4v) is 2.27. The van der Waals surface area contributed by atoms with Crippen LogP contribution in [0, 0.1) is 0 Å². The van der Waals surface area contributed by atoms with Crippen molar-refractivity contribution in [3.8, 4) is 11.4 Å². The molecule has 0 amide bonds. The van der Waals surface area contributed by atoms with E-state index in [2.05, 4.69) is 17.0 Å². The molecule has 0 fully saturated rings. The van der Waals surface area contributed by atoms with E-state index in [0.29, 0.717) is 10.6 Å². The maximum absolute atomic E-state index is 12.5. The number of hydrogen-bond donors (Lipinski definition) is 2. The van der Waals surface area contributed by atoms with Gasteiger partial charge in [0.15, 0.2) is 0 Å². The highest BCUT2D eigenvalue weighted by molar-refractivity contribution is 5.56. The van der Waals surface area contributed by atoms with E-state index < -0.39 is 0 Å². The predicted molar refractivity (Wildman–Crippen MR) is 92.2 cm³/mol. The molecule has 0 aliphatic heterocycles. The lowest BCUT2D eigenvalue weighted by atomic mass is 10.3. The summed E-state index contributed by atoms with van der Waals surface area (Å²) in [6, 6.07) is 16.8. The number of aromatic nitrogens is 2. The molecule has 5 heteroatoms. The number of hydrogen-bond acceptors (Lipinski definition) is 3. The van der Waals surface area contributed by atoms with E-state index in [9.17, 15) is 4.79 Å². The molecule has 0 saturated heterocycles. The van der Waals surface area contributed by atoms with Crippen molar-refractivity contribution in [1.82, 2.24) is 9.78 Å². The number of H-pyrrole nitrogens is 1. The van der Waals surface area contributed by atoms with Crippen molar-refractivity contribution >= 4 is 18.5 Å². The molecule has 0 bridgehead atoms. The first-order chi connectivity index (χ1) is 11.2. The molecule has 3 aromatic rings. The van der Waals surface area contributed by atoms with Gasteiger partial charge in [-0.3, -0.25) is 9.89 Å². The van der Waals surface area contributed by atoms with E-state index in [0.717, 1.165) is 17.1 Å². The molecule has 116 valence electrons. The molecule has 1 heterocycles. The molecular weight excluding hydrogens is 290 g/mol. The summed E-state index contributed by atoms with van der Waals surface area (Å²) in [6.45, 7) is 3.90. The first kappa shape index (κ1) is 14.7. The van der Waals surface area contributed by atoms with Gasteiger partial charge in [-0.05, 0) is 24.3 Å². The van der Waals surface area contributed by atoms with Gasteiger partial charge in [0, 0.05) is 18.0 Å². The van der Waals surface area contributed by atoms with Crippen molar-refractivity contribution in [3.63, 3.8) is 0 Å². The third-order valence-electron chi connectivity index (χ3n) is 3.47. The zero-order chi connectivity index (χ0) is 16.2. The number of nitrogens with zero attached hydrogens (tertiary/aromatic N) is 1. The van der Waals surface area contributed by atoms with E-state index in [1.54, 1.807) is 13.3 Å². The van der Waals surface area contributed by atoms with Crippen LogP contribution in [0.1, 0.15) is 0 Å². The number of aromatic amines is 1. The van der Waals surface area contributed by atoms with Gasteiger partial charge in [-0.1, -0.05) is 30.8 Å². The number of anilines is 1. The molecule has 0 unspecified atom stereocenters. The third kappa shape index (κ3) is 3.03. The predicted octanol–water partition coefficient (Wildman–Crippen LogP) is 1.43. The number of rotatable bonds is 4. The zero-order valence-electron chi connectivity index (χ0n) is 12.7. The van der Waals surface area contributed by atoms with Crippen molar-refractivity contribution < 1.29 is 4.74 Å². The first-order valence-corrected chi connectivity index (χ1v) is 7.15. The van der Waals surface area contributed by atoms with Gasteiger partial charge in [-0.25, -0.2) is 4.68 Å². The van der Waals surface area contributed by atoms with Crippen LogP contribution in [0.15, 0.2) is 59.4 Å². The molecule has 0 aliphatic carbocycles. The van der Waals surface area contributed by atoms with E-state index in [-0.39, 0.29) is 5.56 Å². The molecule has 3 rings (SSSR count). The molecule has 0 radical (unpaired) electrons. The number of para-hydroxylation sites is 1. The minimum atomic E-state index is -0.156. The monoisotopic (exact) mass is 307 g/mol. The average molecular weight is 307 g/mol. The van der Waals surface area contributed by atoms with Gasteiger partial charge in [-0.2, -0.15) is 0 Å². The van der Waals surface area contributed by atoms with Gasteiger partial charge in [0.05, 0.1) is 23.4 Å². The number of benzene rings is 2. The molecular formula is C18H17N3O2. The van der Waals surface area contributed by atoms with Crippen LogP contribution in [-0.2, 0) is 0 Å². The maximum atomic E-state index is 12.5. The molecule has 0 atom stereocenters. The van der Waals surface area contributed by atoms with Crippen LogP contribution in [0.5, 0.6) is 5.75 Å². The fraction of sp³-hybridized carbons (Fsp3) is 0.0556. The number of methoxy groups -OCH3 is 1. The van der Waals surface area contributed by atoms with Crippen LogP contribution in [-0.4, -0.2) is 16.9 Å². The SMILES string of the molecule is C=c1[nH]n(-c2ccccc2)c(=O)c1=CNc1cccc(OC)c1. The van der Waals surface area contributed by atoms with Gasteiger partial charge in [0.25, 0.3) is 5.56 Å². The molecule has 2 aromatic carbocycles. The Morgan fingerprint density at radius 1 is 1.17 bits per heavy atom. The molecule has 23 heavy (non-hydrogen) atoms. The minimum absolute atomic E-state index is 0.156. The van der Waals surface area contributed by atoms with Crippen LogP contribution in [0.3, 0.4) is 0 Å². The van der Waals surface area contributed by atoms with Crippen molar-refractivity contribution in [2.75, 3.05) is 12.4 Å². The second kappa shape index (κ2) is 6.27. The Labute approximate surface area is 133 Å². The highest BCUT2D eigenvalue weighted by Gasteiger charge is 2.03. The lowest BCUT2D eigenvalue weighted by molar-refractivity contribution is 0.415. The summed E-state index contributed by atoms with van der Waals surface area (Å²) >= 11 is 0. The average Bonchev–Trinajstić information content (AvgIpc) is 2.88. The number of ether oxygens (including phenoxy) is 1. The highest BCUT2D eigenvalue weighted by atomic mass is 16.5. The van der Waals surface area contributed by atoms with Crippen molar-refractivity contribution in [3.05, 3.63) is 75.5 Å². The normalized spacial score (nSPS) is 11.4. The Kier molecular flexibility index (Phi) is 4.01. The van der Waals surface area contributed by atoms with Crippen LogP contribution >= 0.6 is 0 Å². The Morgan fingerprint density at radius 2 is 1.96 bits per heavy atom. The smallest absolute Gasteiger partial charge is 0.280 e. The zero-order valence-corrected chi connectivity index (χ0v) is 12.7. The molecule has 0 saturated carbocycles. The van der Waals surface area contributed by atoms with Gasteiger partial charge in [0.2, 0.25) is 0 Å². The molecule has 5 nitrogen and oxygen atoms in total. The molecule has 0 aliphatic rings. The van der Waals surface area contributed by atoms with E-state index >= 15 is 0 Å². The van der Waals surface area contributed by atoms with E-state index in [1.165, 1.54) is 4.68 Å². The topological polar surface area (TPSA) is 59.0 Å². The summed E-state index contributed by atoms with van der Waals surface area (Å²) in [5.41, 5.74) is 1.44. The summed E-state index contributed by atoms with van der Waals surface area (Å²) in [6.07, 6.45) is 1.65. The Bertz CT molecular complexity index is 971. The quantitative estimate of drug-likeness (QED) is 0.767. The van der Waals surface area contributed by atoms with Crippen molar-refractivity contribution in [2.24, 2.45) is 0 Å². The Morgan fingerprint density at radius 3 is 2.70 bits per heavy atom. The van der Waals surface area contributed by atoms with E-state index in [4.69, 9.17) is 4.74 Å². The summed E-state index contributed by atoms with van der Waals surface area (Å²) in [5.74, 6) is 0.744. The second-order valence-corrected chi connectivity index (χ2v) is 5.00. The van der Waals surface area contributed by atoms with Crippen LogP contribution < -0.4 is 26.2 Å². The van der Waals surface area contributed by atoms with Crippen LogP contribution in [0.25, 0.3) is 18.5 Å². The van der Waals surface area contributed by atoms with Crippen LogP contribution in [0.4, 0.5) is 5.69 Å². The summed E-state index contributed by atoms with van der Waals surface area (Å²) in [5, 5.41) is 7.12. The molecule has 0 spiro atoms. The lowest BCUT2D eigenvalue weighted by Crippen LogP contribution is -2.34. The largest absolute Gasteiger partial charge is 0.497 e. The molecule has 2 N–H and O–H groups in total. The summed E-state index contributed by atoms with van der Waals surface area (Å²) < 4.78 is 6.65. The second-order valence-electron chi connectivity index (χ2n) is 5.00. The van der Waals surface area contributed by atoms with Gasteiger partial charge < -0.3 is 10.1 Å². The Balaban J connectivity index is 1.99. The van der Waals surface area contributed by atoms with Crippen LogP contribution in [0.2, 0.25) is 0 Å². The van der Waals surface area contributed by atoms with Crippen molar-refractivity contribution in [1.29, 1.82) is 0 Å².